The van der Waals surface area contributed by atoms with E-state index in [0.29, 0.717) is 5.69 Å². The maximum Gasteiger partial charge on any atom is 0.335 e. The van der Waals surface area contributed by atoms with Gasteiger partial charge in [-0.25, -0.2) is 13.6 Å². The van der Waals surface area contributed by atoms with Crippen LogP contribution in [0.5, 0.6) is 0 Å². The number of carbonyl (C=O) groups is 1. The molecule has 6 heteroatoms. The number of rotatable bonds is 4. The molecule has 0 fully saturated rings. The summed E-state index contributed by atoms with van der Waals surface area (Å²) in [6, 6.07) is 8.61. The number of anilines is 2. The molecular weight excluding hydrogens is 284 g/mol. The highest BCUT2D eigenvalue weighted by Gasteiger charge is 2.14. The second-order valence-corrected chi connectivity index (χ2v) is 4.86. The molecule has 2 rings (SSSR count). The maximum atomic E-state index is 13.8. The van der Waals surface area contributed by atoms with Gasteiger partial charge >= 0.3 is 5.97 Å². The molecule has 0 saturated heterocycles. The first-order valence-corrected chi connectivity index (χ1v) is 6.87. The minimum atomic E-state index is -1.38. The van der Waals surface area contributed by atoms with Crippen molar-refractivity contribution in [1.29, 1.82) is 0 Å². The number of carboxylic acids is 1. The molecule has 0 unspecified atom stereocenters. The van der Waals surface area contributed by atoms with Gasteiger partial charge < -0.3 is 10.4 Å². The maximum absolute atomic E-state index is 13.8. The van der Waals surface area contributed by atoms with Gasteiger partial charge in [0.25, 0.3) is 0 Å². The third kappa shape index (κ3) is 3.08. The van der Waals surface area contributed by atoms with E-state index in [0.717, 1.165) is 17.0 Å². The Balaban J connectivity index is 2.36. The van der Waals surface area contributed by atoms with E-state index < -0.39 is 23.2 Å². The predicted molar refractivity (Wildman–Crippen MR) is 74.8 cm³/mol. The van der Waals surface area contributed by atoms with Crippen molar-refractivity contribution in [1.82, 2.24) is 0 Å². The molecular formula is C14H11F2NO2S. The summed E-state index contributed by atoms with van der Waals surface area (Å²) in [4.78, 5) is 11.6. The highest BCUT2D eigenvalue weighted by Crippen LogP contribution is 2.27. The summed E-state index contributed by atoms with van der Waals surface area (Å²) < 4.78 is 27.5. The average Bonchev–Trinajstić information content (AvgIpc) is 2.42. The van der Waals surface area contributed by atoms with Crippen LogP contribution in [0, 0.1) is 11.6 Å². The molecule has 20 heavy (non-hydrogen) atoms. The lowest BCUT2D eigenvalue weighted by Gasteiger charge is -2.10. The first-order valence-electron chi connectivity index (χ1n) is 5.64. The van der Waals surface area contributed by atoms with Crippen LogP contribution in [-0.4, -0.2) is 17.3 Å². The van der Waals surface area contributed by atoms with Crippen molar-refractivity contribution in [3.05, 3.63) is 53.6 Å². The average molecular weight is 295 g/mol. The van der Waals surface area contributed by atoms with Crippen LogP contribution in [0.2, 0.25) is 0 Å². The smallest absolute Gasteiger partial charge is 0.335 e. The van der Waals surface area contributed by atoms with Gasteiger partial charge in [-0.1, -0.05) is 6.07 Å². The molecule has 3 nitrogen and oxygen atoms in total. The number of halogens is 2. The molecule has 0 spiro atoms. The van der Waals surface area contributed by atoms with E-state index in [1.807, 2.05) is 12.3 Å². The summed E-state index contributed by atoms with van der Waals surface area (Å²) in [5.41, 5.74) is -0.269. The fourth-order valence-corrected chi connectivity index (χ4v) is 2.12. The van der Waals surface area contributed by atoms with Gasteiger partial charge in [-0.15, -0.1) is 11.8 Å². The number of nitrogens with one attached hydrogen (secondary N) is 1. The Morgan fingerprint density at radius 1 is 1.20 bits per heavy atom. The van der Waals surface area contributed by atoms with Crippen molar-refractivity contribution in [3.8, 4) is 0 Å². The minimum absolute atomic E-state index is 0.367. The molecule has 0 heterocycles. The quantitative estimate of drug-likeness (QED) is 0.833. The Morgan fingerprint density at radius 3 is 2.40 bits per heavy atom. The van der Waals surface area contributed by atoms with Gasteiger partial charge in [-0.05, 0) is 36.6 Å². The molecule has 2 aromatic carbocycles. The van der Waals surface area contributed by atoms with Crippen molar-refractivity contribution >= 4 is 29.1 Å². The Hall–Kier alpha value is -2.08. The van der Waals surface area contributed by atoms with E-state index in [2.05, 4.69) is 5.32 Å². The van der Waals surface area contributed by atoms with E-state index in [-0.39, 0.29) is 5.69 Å². The van der Waals surface area contributed by atoms with E-state index in [9.17, 15) is 13.6 Å². The van der Waals surface area contributed by atoms with Crippen LogP contribution in [0.15, 0.2) is 41.3 Å². The lowest BCUT2D eigenvalue weighted by molar-refractivity contribution is 0.0696. The third-order valence-corrected chi connectivity index (χ3v) is 3.35. The Labute approximate surface area is 118 Å². The fraction of sp³-hybridized carbons (Fsp3) is 0.0714. The number of carboxylic acid groups (broad SMARTS) is 1. The summed E-state index contributed by atoms with van der Waals surface area (Å²) in [6.45, 7) is 0. The number of hydrogen-bond acceptors (Lipinski definition) is 3. The van der Waals surface area contributed by atoms with Gasteiger partial charge in [0.05, 0.1) is 5.56 Å². The molecule has 0 aliphatic heterocycles. The fourth-order valence-electron chi connectivity index (χ4n) is 1.66. The molecule has 0 radical (unpaired) electrons. The molecule has 0 amide bonds. The van der Waals surface area contributed by atoms with Gasteiger partial charge in [-0.3, -0.25) is 0 Å². The Morgan fingerprint density at radius 2 is 1.85 bits per heavy atom. The molecule has 2 N–H and O–H groups in total. The summed E-state index contributed by atoms with van der Waals surface area (Å²) >= 11 is 1.50. The molecule has 0 atom stereocenters. The van der Waals surface area contributed by atoms with Crippen LogP contribution in [0.3, 0.4) is 0 Å². The highest BCUT2D eigenvalue weighted by atomic mass is 32.2. The summed E-state index contributed by atoms with van der Waals surface area (Å²) in [5, 5.41) is 11.4. The zero-order valence-corrected chi connectivity index (χ0v) is 11.3. The van der Waals surface area contributed by atoms with Gasteiger partial charge in [0.15, 0.2) is 11.6 Å². The van der Waals surface area contributed by atoms with Crippen LogP contribution in [0.25, 0.3) is 0 Å². The van der Waals surface area contributed by atoms with Crippen molar-refractivity contribution < 1.29 is 18.7 Å². The molecule has 0 bridgehead atoms. The minimum Gasteiger partial charge on any atom is -0.478 e. The highest BCUT2D eigenvalue weighted by molar-refractivity contribution is 7.98. The lowest BCUT2D eigenvalue weighted by Crippen LogP contribution is -2.03. The topological polar surface area (TPSA) is 49.3 Å². The number of aromatic carboxylic acids is 1. The number of thioether (sulfide) groups is 1. The zero-order valence-electron chi connectivity index (χ0n) is 10.5. The van der Waals surface area contributed by atoms with E-state index in [1.54, 1.807) is 18.2 Å². The first-order chi connectivity index (χ1) is 9.51. The van der Waals surface area contributed by atoms with E-state index >= 15 is 0 Å². The largest absolute Gasteiger partial charge is 0.478 e. The molecule has 0 aromatic heterocycles. The Kier molecular flexibility index (Phi) is 4.24. The summed E-state index contributed by atoms with van der Waals surface area (Å²) in [6.07, 6.45) is 1.89. The SMILES string of the molecule is CSc1cccc(Nc2c(F)cc(C(=O)O)cc2F)c1. The number of hydrogen-bond donors (Lipinski definition) is 2. The van der Waals surface area contributed by atoms with Crippen LogP contribution < -0.4 is 5.32 Å². The van der Waals surface area contributed by atoms with Crippen molar-refractivity contribution in [2.45, 2.75) is 4.90 Å². The number of benzene rings is 2. The van der Waals surface area contributed by atoms with Gasteiger partial charge in [-0.2, -0.15) is 0 Å². The van der Waals surface area contributed by atoms with Crippen LogP contribution in [0.1, 0.15) is 10.4 Å². The molecule has 104 valence electrons. The van der Waals surface area contributed by atoms with Crippen molar-refractivity contribution in [2.24, 2.45) is 0 Å². The van der Waals surface area contributed by atoms with Crippen LogP contribution in [-0.2, 0) is 0 Å². The van der Waals surface area contributed by atoms with Gasteiger partial charge in [0, 0.05) is 10.6 Å². The summed E-state index contributed by atoms with van der Waals surface area (Å²) in [5.74, 6) is -3.27. The molecule has 0 aliphatic carbocycles. The second kappa shape index (κ2) is 5.92. The predicted octanol–water partition coefficient (Wildman–Crippen LogP) is 4.13. The molecule has 0 aliphatic rings. The molecule has 0 saturated carbocycles. The normalized spacial score (nSPS) is 10.3. The lowest BCUT2D eigenvalue weighted by atomic mass is 10.2. The zero-order chi connectivity index (χ0) is 14.7. The van der Waals surface area contributed by atoms with Crippen molar-refractivity contribution in [3.63, 3.8) is 0 Å². The monoisotopic (exact) mass is 295 g/mol. The van der Waals surface area contributed by atoms with Gasteiger partial charge in [0.2, 0.25) is 0 Å². The third-order valence-electron chi connectivity index (χ3n) is 2.63. The first kappa shape index (κ1) is 14.3. The van der Waals surface area contributed by atoms with E-state index in [4.69, 9.17) is 5.11 Å². The van der Waals surface area contributed by atoms with E-state index in [1.165, 1.54) is 11.8 Å². The second-order valence-electron chi connectivity index (χ2n) is 3.98. The van der Waals surface area contributed by atoms with Crippen LogP contribution >= 0.6 is 11.8 Å². The van der Waals surface area contributed by atoms with Gasteiger partial charge in [0.1, 0.15) is 5.69 Å². The van der Waals surface area contributed by atoms with Crippen molar-refractivity contribution in [2.75, 3.05) is 11.6 Å². The van der Waals surface area contributed by atoms with Crippen LogP contribution in [0.4, 0.5) is 20.2 Å². The molecule has 2 aromatic rings. The summed E-state index contributed by atoms with van der Waals surface area (Å²) in [7, 11) is 0. The standard InChI is InChI=1S/C14H11F2NO2S/c1-20-10-4-2-3-9(7-10)17-13-11(15)5-8(14(18)19)6-12(13)16/h2-7,17H,1H3,(H,18,19). The Bertz CT molecular complexity index is 638.